The van der Waals surface area contributed by atoms with Crippen LogP contribution in [-0.4, -0.2) is 13.2 Å². The molecule has 1 aliphatic heterocycles. The van der Waals surface area contributed by atoms with Crippen molar-refractivity contribution in [3.8, 4) is 0 Å². The molecule has 2 aromatic rings. The maximum atomic E-state index is 5.54. The zero-order valence-electron chi connectivity index (χ0n) is 7.19. The quantitative estimate of drug-likeness (QED) is 0.662. The summed E-state index contributed by atoms with van der Waals surface area (Å²) in [6.07, 6.45) is 1.82. The van der Waals surface area contributed by atoms with Crippen LogP contribution in [0.25, 0.3) is 10.8 Å². The Hall–Kier alpha value is -1.28. The van der Waals surface area contributed by atoms with E-state index < -0.39 is 0 Å². The molecule has 0 spiro atoms. The highest BCUT2D eigenvalue weighted by Gasteiger charge is 2.25. The Balaban J connectivity index is 2.17. The van der Waals surface area contributed by atoms with Gasteiger partial charge in [-0.3, -0.25) is 0 Å². The highest BCUT2D eigenvalue weighted by molar-refractivity contribution is 5.84. The molecule has 13 heavy (non-hydrogen) atoms. The van der Waals surface area contributed by atoms with E-state index in [1.807, 2.05) is 18.4 Å². The van der Waals surface area contributed by atoms with Gasteiger partial charge in [0.1, 0.15) is 5.76 Å². The van der Waals surface area contributed by atoms with Gasteiger partial charge in [0.15, 0.2) is 0 Å². The number of hydrogen-bond acceptors (Lipinski definition) is 2. The molecule has 0 saturated carbocycles. The van der Waals surface area contributed by atoms with Gasteiger partial charge >= 0.3 is 0 Å². The van der Waals surface area contributed by atoms with E-state index in [2.05, 4.69) is 12.1 Å². The van der Waals surface area contributed by atoms with Gasteiger partial charge in [-0.05, 0) is 0 Å². The van der Waals surface area contributed by atoms with Gasteiger partial charge in [-0.1, -0.05) is 24.3 Å². The van der Waals surface area contributed by atoms with E-state index in [0.29, 0.717) is 5.92 Å². The summed E-state index contributed by atoms with van der Waals surface area (Å²) in [4.78, 5) is 0. The molecular weight excluding hydrogens is 164 g/mol. The molecule has 2 heteroatoms. The smallest absolute Gasteiger partial charge is 0.119 e. The third-order valence-electron chi connectivity index (χ3n) is 2.55. The Labute approximate surface area is 76.1 Å². The molecule has 0 amide bonds. The monoisotopic (exact) mass is 174 g/mol. The zero-order chi connectivity index (χ0) is 8.67. The van der Waals surface area contributed by atoms with E-state index in [0.717, 1.165) is 19.0 Å². The number of benzene rings is 1. The van der Waals surface area contributed by atoms with E-state index in [1.54, 1.807) is 0 Å². The molecular formula is C11H10O2. The molecule has 0 bridgehead atoms. The van der Waals surface area contributed by atoms with Crippen LogP contribution in [-0.2, 0) is 4.74 Å². The molecule has 1 saturated heterocycles. The van der Waals surface area contributed by atoms with Crippen molar-refractivity contribution in [3.63, 3.8) is 0 Å². The SMILES string of the molecule is c1ccc2c(C3COC3)occ2c1. The fraction of sp³-hybridized carbons (Fsp3) is 0.273. The maximum absolute atomic E-state index is 5.54. The van der Waals surface area contributed by atoms with E-state index in [-0.39, 0.29) is 0 Å². The molecule has 1 fully saturated rings. The minimum Gasteiger partial charge on any atom is -0.468 e. The van der Waals surface area contributed by atoms with Gasteiger partial charge in [-0.2, -0.15) is 0 Å². The number of hydrogen-bond donors (Lipinski definition) is 0. The van der Waals surface area contributed by atoms with Crippen molar-refractivity contribution >= 4 is 10.8 Å². The second-order valence-corrected chi connectivity index (χ2v) is 3.42. The molecule has 2 heterocycles. The second kappa shape index (κ2) is 2.60. The van der Waals surface area contributed by atoms with E-state index in [9.17, 15) is 0 Å². The minimum atomic E-state index is 0.472. The predicted octanol–water partition coefficient (Wildman–Crippen LogP) is 2.55. The summed E-state index contributed by atoms with van der Waals surface area (Å²) in [7, 11) is 0. The summed E-state index contributed by atoms with van der Waals surface area (Å²) in [5, 5.41) is 2.42. The molecule has 0 aliphatic carbocycles. The van der Waals surface area contributed by atoms with E-state index >= 15 is 0 Å². The number of rotatable bonds is 1. The first-order valence-corrected chi connectivity index (χ1v) is 4.49. The number of ether oxygens (including phenoxy) is 1. The van der Waals surface area contributed by atoms with Crippen LogP contribution in [0.5, 0.6) is 0 Å². The third kappa shape index (κ3) is 0.988. The molecule has 3 rings (SSSR count). The van der Waals surface area contributed by atoms with Gasteiger partial charge in [0.2, 0.25) is 0 Å². The molecule has 1 aliphatic rings. The Morgan fingerprint density at radius 2 is 2.00 bits per heavy atom. The standard InChI is InChI=1S/C11H10O2/c1-2-4-10-8(3-1)7-13-11(10)9-5-12-6-9/h1-4,7,9H,5-6H2. The lowest BCUT2D eigenvalue weighted by atomic mass is 10.0. The van der Waals surface area contributed by atoms with E-state index in [1.165, 1.54) is 10.8 Å². The van der Waals surface area contributed by atoms with Crippen LogP contribution in [0.3, 0.4) is 0 Å². The van der Waals surface area contributed by atoms with Crippen LogP contribution in [0, 0.1) is 0 Å². The number of furan rings is 1. The van der Waals surface area contributed by atoms with Crippen LogP contribution in [0.1, 0.15) is 11.7 Å². The van der Waals surface area contributed by atoms with Crippen molar-refractivity contribution in [2.75, 3.05) is 13.2 Å². The Morgan fingerprint density at radius 1 is 1.15 bits per heavy atom. The summed E-state index contributed by atoms with van der Waals surface area (Å²) in [5.41, 5.74) is 0. The first-order valence-electron chi connectivity index (χ1n) is 4.49. The van der Waals surface area contributed by atoms with Gasteiger partial charge in [0, 0.05) is 10.8 Å². The highest BCUT2D eigenvalue weighted by atomic mass is 16.5. The molecule has 66 valence electrons. The lowest BCUT2D eigenvalue weighted by molar-refractivity contribution is 0.000604. The lowest BCUT2D eigenvalue weighted by Gasteiger charge is -2.24. The molecule has 1 aromatic heterocycles. The topological polar surface area (TPSA) is 22.4 Å². The predicted molar refractivity (Wildman–Crippen MR) is 49.8 cm³/mol. The summed E-state index contributed by atoms with van der Waals surface area (Å²) in [6.45, 7) is 1.61. The maximum Gasteiger partial charge on any atom is 0.119 e. The summed E-state index contributed by atoms with van der Waals surface area (Å²) in [6, 6.07) is 8.24. The Morgan fingerprint density at radius 3 is 2.77 bits per heavy atom. The van der Waals surface area contributed by atoms with Gasteiger partial charge in [-0.25, -0.2) is 0 Å². The van der Waals surface area contributed by atoms with Gasteiger partial charge in [0.05, 0.1) is 25.4 Å². The lowest BCUT2D eigenvalue weighted by Crippen LogP contribution is -2.24. The van der Waals surface area contributed by atoms with Crippen molar-refractivity contribution in [3.05, 3.63) is 36.3 Å². The summed E-state index contributed by atoms with van der Waals surface area (Å²) in [5.74, 6) is 1.56. The normalized spacial score (nSPS) is 17.5. The van der Waals surface area contributed by atoms with Crippen molar-refractivity contribution in [1.29, 1.82) is 0 Å². The fourth-order valence-electron chi connectivity index (χ4n) is 1.72. The van der Waals surface area contributed by atoms with Crippen LogP contribution < -0.4 is 0 Å². The Kier molecular flexibility index (Phi) is 1.43. The van der Waals surface area contributed by atoms with Gasteiger partial charge < -0.3 is 9.15 Å². The zero-order valence-corrected chi connectivity index (χ0v) is 7.19. The molecule has 0 atom stereocenters. The third-order valence-corrected chi connectivity index (χ3v) is 2.55. The molecule has 2 nitrogen and oxygen atoms in total. The van der Waals surface area contributed by atoms with Crippen molar-refractivity contribution in [1.82, 2.24) is 0 Å². The minimum absolute atomic E-state index is 0.472. The van der Waals surface area contributed by atoms with E-state index in [4.69, 9.17) is 9.15 Å². The van der Waals surface area contributed by atoms with Crippen LogP contribution in [0.15, 0.2) is 34.9 Å². The van der Waals surface area contributed by atoms with Gasteiger partial charge in [0.25, 0.3) is 0 Å². The largest absolute Gasteiger partial charge is 0.468 e. The Bertz CT molecular complexity index is 426. The first kappa shape index (κ1) is 7.15. The fourth-order valence-corrected chi connectivity index (χ4v) is 1.72. The van der Waals surface area contributed by atoms with Crippen LogP contribution in [0.4, 0.5) is 0 Å². The summed E-state index contributed by atoms with van der Waals surface area (Å²) < 4.78 is 10.7. The molecule has 0 radical (unpaired) electrons. The van der Waals surface area contributed by atoms with Crippen molar-refractivity contribution < 1.29 is 9.15 Å². The number of fused-ring (bicyclic) bond motifs is 1. The average Bonchev–Trinajstić information content (AvgIpc) is 2.47. The van der Waals surface area contributed by atoms with Crippen LogP contribution >= 0.6 is 0 Å². The van der Waals surface area contributed by atoms with Gasteiger partial charge in [-0.15, -0.1) is 0 Å². The molecule has 1 aromatic carbocycles. The van der Waals surface area contributed by atoms with Crippen molar-refractivity contribution in [2.45, 2.75) is 5.92 Å². The molecule has 0 unspecified atom stereocenters. The first-order chi connectivity index (χ1) is 6.45. The average molecular weight is 174 g/mol. The second-order valence-electron chi connectivity index (χ2n) is 3.42. The summed E-state index contributed by atoms with van der Waals surface area (Å²) >= 11 is 0. The van der Waals surface area contributed by atoms with Crippen LogP contribution in [0.2, 0.25) is 0 Å². The van der Waals surface area contributed by atoms with Crippen molar-refractivity contribution in [2.24, 2.45) is 0 Å². The molecule has 0 N–H and O–H groups in total. The highest BCUT2D eigenvalue weighted by Crippen LogP contribution is 2.31.